The molecular formula is C15H23N3O. The molecule has 2 fully saturated rings. The monoisotopic (exact) mass is 261 g/mol. The number of ether oxygens (including phenoxy) is 1. The number of piperidine rings is 1. The fourth-order valence-corrected chi connectivity index (χ4v) is 3.21. The normalized spacial score (nSPS) is 25.8. The molecule has 0 unspecified atom stereocenters. The number of aryl methyl sites for hydroxylation is 1. The molecule has 0 radical (unpaired) electrons. The number of hydrogen-bond acceptors (Lipinski definition) is 4. The van der Waals surface area contributed by atoms with E-state index in [2.05, 4.69) is 20.9 Å². The van der Waals surface area contributed by atoms with Crippen molar-refractivity contribution in [3.8, 4) is 0 Å². The Morgan fingerprint density at radius 1 is 1.32 bits per heavy atom. The van der Waals surface area contributed by atoms with Crippen molar-refractivity contribution in [2.45, 2.75) is 32.1 Å². The molecule has 1 atom stereocenters. The quantitative estimate of drug-likeness (QED) is 0.834. The molecule has 0 amide bonds. The maximum Gasteiger partial charge on any atom is 0.125 e. The predicted molar refractivity (Wildman–Crippen MR) is 74.1 cm³/mol. The van der Waals surface area contributed by atoms with E-state index in [1.54, 1.807) is 0 Å². The van der Waals surface area contributed by atoms with Gasteiger partial charge in [0.25, 0.3) is 0 Å². The molecule has 4 nitrogen and oxygen atoms in total. The Labute approximate surface area is 115 Å². The lowest BCUT2D eigenvalue weighted by atomic mass is 9.92. The summed E-state index contributed by atoms with van der Waals surface area (Å²) in [5, 5.41) is 0. The van der Waals surface area contributed by atoms with E-state index in [4.69, 9.17) is 4.74 Å². The number of hydrogen-bond donors (Lipinski definition) is 0. The third-order valence-electron chi connectivity index (χ3n) is 4.34. The molecule has 104 valence electrons. The molecule has 0 saturated carbocycles. The van der Waals surface area contributed by atoms with E-state index in [0.29, 0.717) is 5.92 Å². The van der Waals surface area contributed by atoms with Crippen molar-refractivity contribution in [2.24, 2.45) is 5.92 Å². The summed E-state index contributed by atoms with van der Waals surface area (Å²) in [7, 11) is 0. The topological polar surface area (TPSA) is 38.2 Å². The highest BCUT2D eigenvalue weighted by atomic mass is 16.5. The number of aromatic nitrogens is 2. The van der Waals surface area contributed by atoms with Gasteiger partial charge in [0, 0.05) is 31.0 Å². The van der Waals surface area contributed by atoms with Crippen LogP contribution < -0.4 is 0 Å². The molecular weight excluding hydrogens is 238 g/mol. The second kappa shape index (κ2) is 5.97. The fourth-order valence-electron chi connectivity index (χ4n) is 3.21. The number of likely N-dealkylation sites (tertiary alicyclic amines) is 1. The molecule has 4 heteroatoms. The summed E-state index contributed by atoms with van der Waals surface area (Å²) in [4.78, 5) is 11.4. The average Bonchev–Trinajstić information content (AvgIpc) is 2.92. The van der Waals surface area contributed by atoms with Crippen molar-refractivity contribution in [3.05, 3.63) is 23.8 Å². The molecule has 0 aliphatic carbocycles. The minimum atomic E-state index is 0.623. The van der Waals surface area contributed by atoms with Crippen molar-refractivity contribution < 1.29 is 4.74 Å². The molecule has 2 aliphatic heterocycles. The molecule has 19 heavy (non-hydrogen) atoms. The Bertz CT molecular complexity index is 410. The SMILES string of the molecule is Cc1nccc(C2CCN(C[C@@H]3CCOC3)CC2)n1. The van der Waals surface area contributed by atoms with Gasteiger partial charge in [-0.05, 0) is 51.3 Å². The first-order valence-electron chi connectivity index (χ1n) is 7.41. The van der Waals surface area contributed by atoms with E-state index < -0.39 is 0 Å². The van der Waals surface area contributed by atoms with Gasteiger partial charge in [0.1, 0.15) is 5.82 Å². The third kappa shape index (κ3) is 3.31. The lowest BCUT2D eigenvalue weighted by Gasteiger charge is -2.33. The molecule has 3 heterocycles. The summed E-state index contributed by atoms with van der Waals surface area (Å²) in [6.45, 7) is 7.51. The highest BCUT2D eigenvalue weighted by Crippen LogP contribution is 2.27. The molecule has 1 aromatic rings. The van der Waals surface area contributed by atoms with Crippen molar-refractivity contribution >= 4 is 0 Å². The summed E-state index contributed by atoms with van der Waals surface area (Å²) in [5.41, 5.74) is 1.23. The van der Waals surface area contributed by atoms with Crippen LogP contribution in [0, 0.1) is 12.8 Å². The standard InChI is InChI=1S/C15H23N3O/c1-12-16-6-2-15(17-12)14-3-7-18(8-4-14)10-13-5-9-19-11-13/h2,6,13-14H,3-5,7-11H2,1H3/t13-/m0/s1. The van der Waals surface area contributed by atoms with Crippen LogP contribution in [-0.2, 0) is 4.74 Å². The van der Waals surface area contributed by atoms with Gasteiger partial charge < -0.3 is 9.64 Å². The van der Waals surface area contributed by atoms with E-state index in [-0.39, 0.29) is 0 Å². The van der Waals surface area contributed by atoms with Crippen LogP contribution in [-0.4, -0.2) is 47.7 Å². The first-order valence-corrected chi connectivity index (χ1v) is 7.41. The van der Waals surface area contributed by atoms with Crippen LogP contribution in [0.15, 0.2) is 12.3 Å². The van der Waals surface area contributed by atoms with E-state index in [0.717, 1.165) is 25.0 Å². The first kappa shape index (κ1) is 13.0. The van der Waals surface area contributed by atoms with Gasteiger partial charge in [-0.1, -0.05) is 0 Å². The van der Waals surface area contributed by atoms with Gasteiger partial charge in [-0.3, -0.25) is 0 Å². The Hall–Kier alpha value is -1.00. The highest BCUT2D eigenvalue weighted by Gasteiger charge is 2.25. The zero-order valence-electron chi connectivity index (χ0n) is 11.7. The van der Waals surface area contributed by atoms with E-state index in [1.165, 1.54) is 44.6 Å². The van der Waals surface area contributed by atoms with Gasteiger partial charge in [-0.15, -0.1) is 0 Å². The Morgan fingerprint density at radius 3 is 2.84 bits per heavy atom. The second-order valence-corrected chi connectivity index (χ2v) is 5.83. The zero-order valence-corrected chi connectivity index (χ0v) is 11.7. The summed E-state index contributed by atoms with van der Waals surface area (Å²) in [5.74, 6) is 2.28. The lowest BCUT2D eigenvalue weighted by Crippen LogP contribution is -2.36. The van der Waals surface area contributed by atoms with Gasteiger partial charge in [-0.2, -0.15) is 0 Å². The van der Waals surface area contributed by atoms with Crippen LogP contribution in [0.25, 0.3) is 0 Å². The minimum Gasteiger partial charge on any atom is -0.381 e. The van der Waals surface area contributed by atoms with Crippen LogP contribution in [0.3, 0.4) is 0 Å². The van der Waals surface area contributed by atoms with Crippen molar-refractivity contribution in [2.75, 3.05) is 32.8 Å². The maximum atomic E-state index is 5.46. The molecule has 1 aromatic heterocycles. The van der Waals surface area contributed by atoms with Crippen molar-refractivity contribution in [1.29, 1.82) is 0 Å². The van der Waals surface area contributed by atoms with E-state index >= 15 is 0 Å². The lowest BCUT2D eigenvalue weighted by molar-refractivity contribution is 0.151. The predicted octanol–water partition coefficient (Wildman–Crippen LogP) is 2.00. The molecule has 3 rings (SSSR count). The van der Waals surface area contributed by atoms with Gasteiger partial charge in [0.2, 0.25) is 0 Å². The highest BCUT2D eigenvalue weighted by molar-refractivity contribution is 5.09. The summed E-state index contributed by atoms with van der Waals surface area (Å²) in [6.07, 6.45) is 5.58. The molecule has 0 spiro atoms. The van der Waals surface area contributed by atoms with Crippen molar-refractivity contribution in [1.82, 2.24) is 14.9 Å². The Morgan fingerprint density at radius 2 is 2.16 bits per heavy atom. The van der Waals surface area contributed by atoms with E-state index in [1.807, 2.05) is 13.1 Å². The number of nitrogens with zero attached hydrogens (tertiary/aromatic N) is 3. The number of rotatable bonds is 3. The van der Waals surface area contributed by atoms with E-state index in [9.17, 15) is 0 Å². The molecule has 2 aliphatic rings. The van der Waals surface area contributed by atoms with Gasteiger partial charge in [0.05, 0.1) is 6.61 Å². The maximum absolute atomic E-state index is 5.46. The average molecular weight is 261 g/mol. The van der Waals surface area contributed by atoms with Gasteiger partial charge >= 0.3 is 0 Å². The third-order valence-corrected chi connectivity index (χ3v) is 4.34. The fraction of sp³-hybridized carbons (Fsp3) is 0.733. The van der Waals surface area contributed by atoms with Gasteiger partial charge in [0.15, 0.2) is 0 Å². The zero-order chi connectivity index (χ0) is 13.1. The molecule has 0 bridgehead atoms. The Kier molecular flexibility index (Phi) is 4.09. The minimum absolute atomic E-state index is 0.623. The van der Waals surface area contributed by atoms with Crippen LogP contribution in [0.1, 0.15) is 36.7 Å². The molecule has 0 N–H and O–H groups in total. The smallest absolute Gasteiger partial charge is 0.125 e. The summed E-state index contributed by atoms with van der Waals surface area (Å²) in [6, 6.07) is 2.08. The molecule has 0 aromatic carbocycles. The van der Waals surface area contributed by atoms with Crippen molar-refractivity contribution in [3.63, 3.8) is 0 Å². The summed E-state index contributed by atoms with van der Waals surface area (Å²) < 4.78 is 5.46. The molecule has 2 saturated heterocycles. The van der Waals surface area contributed by atoms with Gasteiger partial charge in [-0.25, -0.2) is 9.97 Å². The largest absolute Gasteiger partial charge is 0.381 e. The first-order chi connectivity index (χ1) is 9.31. The summed E-state index contributed by atoms with van der Waals surface area (Å²) >= 11 is 0. The van der Waals surface area contributed by atoms with Crippen LogP contribution in [0.2, 0.25) is 0 Å². The van der Waals surface area contributed by atoms with Crippen LogP contribution >= 0.6 is 0 Å². The Balaban J connectivity index is 1.51. The van der Waals surface area contributed by atoms with Crippen LogP contribution in [0.5, 0.6) is 0 Å². The van der Waals surface area contributed by atoms with Crippen LogP contribution in [0.4, 0.5) is 0 Å². The second-order valence-electron chi connectivity index (χ2n) is 5.83.